The summed E-state index contributed by atoms with van der Waals surface area (Å²) < 4.78 is 0. The third kappa shape index (κ3) is 3.07. The van der Waals surface area contributed by atoms with E-state index in [1.807, 2.05) is 25.1 Å². The number of benzene rings is 1. The maximum atomic E-state index is 12.5. The summed E-state index contributed by atoms with van der Waals surface area (Å²) >= 11 is 1.43. The molecule has 0 saturated carbocycles. The summed E-state index contributed by atoms with van der Waals surface area (Å²) in [4.78, 5) is 20.9. The molecule has 3 aromatic heterocycles. The van der Waals surface area contributed by atoms with E-state index >= 15 is 0 Å². The van der Waals surface area contributed by atoms with E-state index in [4.69, 9.17) is 0 Å². The number of thiazole rings is 1. The fourth-order valence-corrected chi connectivity index (χ4v) is 3.30. The minimum Gasteiger partial charge on any atom is -0.392 e. The molecule has 1 aromatic carbocycles. The predicted octanol–water partition coefficient (Wildman–Crippen LogP) is 3.13. The van der Waals surface area contributed by atoms with Gasteiger partial charge in [-0.15, -0.1) is 11.3 Å². The fourth-order valence-electron chi connectivity index (χ4n) is 2.71. The number of hydrogen-bond acceptors (Lipinski definition) is 6. The van der Waals surface area contributed by atoms with Crippen molar-refractivity contribution in [3.8, 4) is 11.1 Å². The molecule has 0 radical (unpaired) electrons. The highest BCUT2D eigenvalue weighted by molar-refractivity contribution is 7.09. The number of aryl methyl sites for hydroxylation is 1. The van der Waals surface area contributed by atoms with Crippen molar-refractivity contribution in [1.82, 2.24) is 20.2 Å². The molecule has 26 heavy (non-hydrogen) atoms. The first kappa shape index (κ1) is 16.4. The van der Waals surface area contributed by atoms with Crippen LogP contribution in [0, 0.1) is 6.92 Å². The Bertz CT molecular complexity index is 1100. The van der Waals surface area contributed by atoms with Gasteiger partial charge < -0.3 is 10.4 Å². The number of rotatable bonds is 4. The second-order valence-electron chi connectivity index (χ2n) is 5.80. The molecule has 8 heteroatoms. The second kappa shape index (κ2) is 6.66. The Morgan fingerprint density at radius 3 is 2.88 bits per heavy atom. The SMILES string of the molecule is Cc1nc(C(=O)Nc2cc(-c3cncc(CO)c3)cc3[nH]ncc23)cs1. The van der Waals surface area contributed by atoms with Crippen LogP contribution in [0.15, 0.2) is 42.2 Å². The Morgan fingerprint density at radius 2 is 2.12 bits per heavy atom. The summed E-state index contributed by atoms with van der Waals surface area (Å²) in [5.74, 6) is -0.267. The van der Waals surface area contributed by atoms with Gasteiger partial charge in [-0.3, -0.25) is 14.9 Å². The van der Waals surface area contributed by atoms with Gasteiger partial charge in [-0.05, 0) is 36.2 Å². The summed E-state index contributed by atoms with van der Waals surface area (Å²) in [7, 11) is 0. The first-order valence-electron chi connectivity index (χ1n) is 7.90. The number of aromatic amines is 1. The van der Waals surface area contributed by atoms with Crippen molar-refractivity contribution >= 4 is 33.8 Å². The Balaban J connectivity index is 1.76. The molecular formula is C18H15N5O2S. The largest absolute Gasteiger partial charge is 0.392 e. The van der Waals surface area contributed by atoms with Crippen LogP contribution in [0.5, 0.6) is 0 Å². The maximum Gasteiger partial charge on any atom is 0.275 e. The molecule has 0 unspecified atom stereocenters. The Labute approximate surface area is 152 Å². The highest BCUT2D eigenvalue weighted by atomic mass is 32.1. The molecule has 3 N–H and O–H groups in total. The highest BCUT2D eigenvalue weighted by Crippen LogP contribution is 2.30. The Hall–Kier alpha value is -3.10. The van der Waals surface area contributed by atoms with E-state index < -0.39 is 0 Å². The average molecular weight is 365 g/mol. The number of carbonyl (C=O) groups excluding carboxylic acids is 1. The molecule has 0 atom stereocenters. The molecular weight excluding hydrogens is 350 g/mol. The van der Waals surface area contributed by atoms with Gasteiger partial charge in [0, 0.05) is 28.7 Å². The predicted molar refractivity (Wildman–Crippen MR) is 100 cm³/mol. The van der Waals surface area contributed by atoms with Gasteiger partial charge in [0.25, 0.3) is 5.91 Å². The number of amides is 1. The van der Waals surface area contributed by atoms with Gasteiger partial charge in [0.05, 0.1) is 29.0 Å². The van der Waals surface area contributed by atoms with Crippen LogP contribution < -0.4 is 5.32 Å². The number of H-pyrrole nitrogens is 1. The monoisotopic (exact) mass is 365 g/mol. The third-order valence-corrected chi connectivity index (χ3v) is 4.74. The molecule has 7 nitrogen and oxygen atoms in total. The van der Waals surface area contributed by atoms with Gasteiger partial charge in [0.1, 0.15) is 5.69 Å². The second-order valence-corrected chi connectivity index (χ2v) is 6.86. The van der Waals surface area contributed by atoms with Crippen LogP contribution in [0.25, 0.3) is 22.0 Å². The van der Waals surface area contributed by atoms with Crippen molar-refractivity contribution in [1.29, 1.82) is 0 Å². The highest BCUT2D eigenvalue weighted by Gasteiger charge is 2.14. The zero-order valence-electron chi connectivity index (χ0n) is 13.9. The summed E-state index contributed by atoms with van der Waals surface area (Å²) in [5, 5.41) is 22.6. The van der Waals surface area contributed by atoms with Crippen molar-refractivity contribution in [3.63, 3.8) is 0 Å². The first-order chi connectivity index (χ1) is 12.6. The van der Waals surface area contributed by atoms with Gasteiger partial charge >= 0.3 is 0 Å². The van der Waals surface area contributed by atoms with E-state index in [1.54, 1.807) is 24.0 Å². The third-order valence-electron chi connectivity index (χ3n) is 3.97. The van der Waals surface area contributed by atoms with Crippen LogP contribution >= 0.6 is 11.3 Å². The van der Waals surface area contributed by atoms with E-state index in [2.05, 4.69) is 25.5 Å². The molecule has 3 heterocycles. The molecule has 0 aliphatic heterocycles. The lowest BCUT2D eigenvalue weighted by Crippen LogP contribution is -2.12. The number of aromatic nitrogens is 4. The number of pyridine rings is 1. The number of nitrogens with zero attached hydrogens (tertiary/aromatic N) is 3. The van der Waals surface area contributed by atoms with Gasteiger partial charge in [0.15, 0.2) is 0 Å². The fraction of sp³-hybridized carbons (Fsp3) is 0.111. The van der Waals surface area contributed by atoms with Crippen molar-refractivity contribution < 1.29 is 9.90 Å². The van der Waals surface area contributed by atoms with Crippen molar-refractivity contribution in [3.05, 3.63) is 58.4 Å². The maximum absolute atomic E-state index is 12.5. The molecule has 0 fully saturated rings. The first-order valence-corrected chi connectivity index (χ1v) is 8.78. The quantitative estimate of drug-likeness (QED) is 0.515. The van der Waals surface area contributed by atoms with Crippen LogP contribution in [0.3, 0.4) is 0 Å². The Morgan fingerprint density at radius 1 is 1.23 bits per heavy atom. The standard InChI is InChI=1S/C18H15N5O2S/c1-10-21-17(9-26-10)18(25)22-15-3-12(4-16-14(15)7-20-23-16)13-2-11(8-24)5-19-6-13/h2-7,9,24H,8H2,1H3,(H,20,23)(H,22,25). The lowest BCUT2D eigenvalue weighted by Gasteiger charge is -2.09. The summed E-state index contributed by atoms with van der Waals surface area (Å²) in [6, 6.07) is 5.66. The molecule has 1 amide bonds. The van der Waals surface area contributed by atoms with E-state index in [0.29, 0.717) is 11.4 Å². The van der Waals surface area contributed by atoms with Crippen LogP contribution in [0.4, 0.5) is 5.69 Å². The summed E-state index contributed by atoms with van der Waals surface area (Å²) in [6.45, 7) is 1.78. The summed E-state index contributed by atoms with van der Waals surface area (Å²) in [6.07, 6.45) is 5.00. The molecule has 4 rings (SSSR count). The normalized spacial score (nSPS) is 11.0. The van der Waals surface area contributed by atoms with Crippen molar-refractivity contribution in [2.24, 2.45) is 0 Å². The van der Waals surface area contributed by atoms with Crippen LogP contribution in [-0.2, 0) is 6.61 Å². The molecule has 0 bridgehead atoms. The summed E-state index contributed by atoms with van der Waals surface area (Å²) in [5.41, 5.74) is 4.23. The van der Waals surface area contributed by atoms with Gasteiger partial charge in [0.2, 0.25) is 0 Å². The lowest BCUT2D eigenvalue weighted by atomic mass is 10.0. The molecule has 4 aromatic rings. The van der Waals surface area contributed by atoms with Crippen molar-refractivity contribution in [2.45, 2.75) is 13.5 Å². The molecule has 0 aliphatic rings. The number of aliphatic hydroxyl groups excluding tert-OH is 1. The van der Waals surface area contributed by atoms with Crippen LogP contribution in [-0.4, -0.2) is 31.2 Å². The number of carbonyl (C=O) groups is 1. The number of nitrogens with one attached hydrogen (secondary N) is 2. The van der Waals surface area contributed by atoms with Crippen LogP contribution in [0.2, 0.25) is 0 Å². The van der Waals surface area contributed by atoms with Crippen molar-refractivity contribution in [2.75, 3.05) is 5.32 Å². The van der Waals surface area contributed by atoms with Gasteiger partial charge in [-0.25, -0.2) is 4.98 Å². The lowest BCUT2D eigenvalue weighted by molar-refractivity contribution is 0.102. The number of fused-ring (bicyclic) bond motifs is 1. The Kier molecular flexibility index (Phi) is 4.19. The van der Waals surface area contributed by atoms with Gasteiger partial charge in [-0.1, -0.05) is 0 Å². The smallest absolute Gasteiger partial charge is 0.275 e. The number of hydrogen-bond donors (Lipinski definition) is 3. The zero-order valence-corrected chi connectivity index (χ0v) is 14.7. The molecule has 0 spiro atoms. The topological polar surface area (TPSA) is 104 Å². The van der Waals surface area contributed by atoms with E-state index in [0.717, 1.165) is 32.6 Å². The minimum absolute atomic E-state index is 0.0834. The van der Waals surface area contributed by atoms with E-state index in [9.17, 15) is 9.90 Å². The van der Waals surface area contributed by atoms with Gasteiger partial charge in [-0.2, -0.15) is 5.10 Å². The van der Waals surface area contributed by atoms with Crippen LogP contribution in [0.1, 0.15) is 21.1 Å². The number of aliphatic hydroxyl groups is 1. The molecule has 0 saturated heterocycles. The zero-order chi connectivity index (χ0) is 18.1. The molecule has 130 valence electrons. The molecule has 0 aliphatic carbocycles. The number of anilines is 1. The van der Waals surface area contributed by atoms with E-state index in [1.165, 1.54) is 11.3 Å². The minimum atomic E-state index is -0.267. The van der Waals surface area contributed by atoms with E-state index in [-0.39, 0.29) is 12.5 Å². The average Bonchev–Trinajstić information content (AvgIpc) is 3.30.